The molecule has 0 heterocycles. The van der Waals surface area contributed by atoms with Crippen LogP contribution < -0.4 is 4.72 Å². The maximum absolute atomic E-state index is 3.78. The van der Waals surface area contributed by atoms with Gasteiger partial charge < -0.3 is 4.72 Å². The summed E-state index contributed by atoms with van der Waals surface area (Å²) < 4.78 is 4.93. The van der Waals surface area contributed by atoms with Gasteiger partial charge in [-0.3, -0.25) is 0 Å². The smallest absolute Gasteiger partial charge is 0.0429 e. The first-order valence-corrected chi connectivity index (χ1v) is 10.5. The van der Waals surface area contributed by atoms with Crippen LogP contribution in [0.3, 0.4) is 0 Å². The molecule has 0 aromatic heterocycles. The number of allylic oxidation sites excluding steroid dienone is 4. The summed E-state index contributed by atoms with van der Waals surface area (Å²) in [6.45, 7) is 0. The highest BCUT2D eigenvalue weighted by atomic mass is 79.9. The summed E-state index contributed by atoms with van der Waals surface area (Å²) in [5, 5.41) is 0. The van der Waals surface area contributed by atoms with E-state index in [0.717, 1.165) is 0 Å². The van der Waals surface area contributed by atoms with Crippen molar-refractivity contribution in [2.45, 2.75) is 10.8 Å². The van der Waals surface area contributed by atoms with E-state index in [9.17, 15) is 0 Å². The SMILES string of the molecule is CS(C)(Nc1ccccc1)c1c(Br)cccc1C1C=CC=C1. The van der Waals surface area contributed by atoms with Gasteiger partial charge in [-0.15, -0.1) is 10.2 Å². The highest BCUT2D eigenvalue weighted by molar-refractivity contribution is 9.10. The lowest BCUT2D eigenvalue weighted by atomic mass is 10.0. The number of nitrogens with one attached hydrogen (secondary N) is 1. The van der Waals surface area contributed by atoms with E-state index in [0.29, 0.717) is 5.92 Å². The molecular formula is C19H20BrNS. The van der Waals surface area contributed by atoms with Crippen LogP contribution in [-0.2, 0) is 0 Å². The largest absolute Gasteiger partial charge is 0.344 e. The number of hydrogen-bond donors (Lipinski definition) is 1. The first-order chi connectivity index (χ1) is 10.6. The van der Waals surface area contributed by atoms with Crippen molar-refractivity contribution >= 4 is 31.8 Å². The molecule has 2 aromatic rings. The maximum Gasteiger partial charge on any atom is 0.0429 e. The van der Waals surface area contributed by atoms with Crippen molar-refractivity contribution < 1.29 is 0 Å². The van der Waals surface area contributed by atoms with Gasteiger partial charge in [-0.25, -0.2) is 0 Å². The molecule has 0 unspecified atom stereocenters. The van der Waals surface area contributed by atoms with E-state index in [1.54, 1.807) is 0 Å². The Balaban J connectivity index is 2.02. The summed E-state index contributed by atoms with van der Waals surface area (Å²) in [6, 6.07) is 16.9. The van der Waals surface area contributed by atoms with Crippen LogP contribution in [0.2, 0.25) is 0 Å². The predicted molar refractivity (Wildman–Crippen MR) is 103 cm³/mol. The fraction of sp³-hybridized carbons (Fsp3) is 0.158. The van der Waals surface area contributed by atoms with Gasteiger partial charge in [-0.05, 0) is 52.2 Å². The van der Waals surface area contributed by atoms with Crippen molar-refractivity contribution in [2.24, 2.45) is 0 Å². The molecule has 114 valence electrons. The molecular weight excluding hydrogens is 354 g/mol. The minimum atomic E-state index is -1.18. The zero-order valence-corrected chi connectivity index (χ0v) is 15.2. The summed E-state index contributed by atoms with van der Waals surface area (Å²) in [5.74, 6) is 0.372. The average Bonchev–Trinajstić information content (AvgIpc) is 3.01. The van der Waals surface area contributed by atoms with Crippen molar-refractivity contribution in [3.63, 3.8) is 0 Å². The summed E-state index contributed by atoms with van der Waals surface area (Å²) in [5.41, 5.74) is 2.55. The Hall–Kier alpha value is -1.45. The first kappa shape index (κ1) is 15.4. The van der Waals surface area contributed by atoms with Gasteiger partial charge in [0.15, 0.2) is 0 Å². The van der Waals surface area contributed by atoms with Crippen LogP contribution in [0, 0.1) is 0 Å². The van der Waals surface area contributed by atoms with Gasteiger partial charge in [0.25, 0.3) is 0 Å². The minimum Gasteiger partial charge on any atom is -0.344 e. The second-order valence-corrected chi connectivity index (χ2v) is 9.87. The highest BCUT2D eigenvalue weighted by Crippen LogP contribution is 2.55. The fourth-order valence-electron chi connectivity index (χ4n) is 2.82. The Morgan fingerprint density at radius 2 is 1.59 bits per heavy atom. The fourth-order valence-corrected chi connectivity index (χ4v) is 6.59. The minimum absolute atomic E-state index is 0.372. The molecule has 3 rings (SSSR count). The molecule has 2 aromatic carbocycles. The maximum atomic E-state index is 3.78. The Morgan fingerprint density at radius 1 is 0.909 bits per heavy atom. The third-order valence-electron chi connectivity index (χ3n) is 3.76. The van der Waals surface area contributed by atoms with Crippen LogP contribution in [0.25, 0.3) is 0 Å². The van der Waals surface area contributed by atoms with E-state index in [1.165, 1.54) is 20.6 Å². The summed E-state index contributed by atoms with van der Waals surface area (Å²) in [7, 11) is -1.18. The molecule has 0 saturated heterocycles. The number of rotatable bonds is 4. The average molecular weight is 374 g/mol. The van der Waals surface area contributed by atoms with Crippen molar-refractivity contribution in [2.75, 3.05) is 17.2 Å². The van der Waals surface area contributed by atoms with Crippen LogP contribution in [0.15, 0.2) is 82.2 Å². The molecule has 3 heteroatoms. The van der Waals surface area contributed by atoms with Gasteiger partial charge in [-0.2, -0.15) is 0 Å². The predicted octanol–water partition coefficient (Wildman–Crippen LogP) is 6.11. The second kappa shape index (κ2) is 6.35. The monoisotopic (exact) mass is 373 g/mol. The van der Waals surface area contributed by atoms with Crippen LogP contribution in [0.5, 0.6) is 0 Å². The Kier molecular flexibility index (Phi) is 4.46. The topological polar surface area (TPSA) is 12.0 Å². The molecule has 0 bridgehead atoms. The van der Waals surface area contributed by atoms with Crippen molar-refractivity contribution in [1.82, 2.24) is 0 Å². The van der Waals surface area contributed by atoms with Gasteiger partial charge in [-0.1, -0.05) is 54.6 Å². The van der Waals surface area contributed by atoms with Gasteiger partial charge in [0.1, 0.15) is 0 Å². The van der Waals surface area contributed by atoms with Crippen LogP contribution in [0.4, 0.5) is 5.69 Å². The van der Waals surface area contributed by atoms with E-state index < -0.39 is 10.2 Å². The molecule has 1 aliphatic carbocycles. The number of hydrogen-bond acceptors (Lipinski definition) is 1. The van der Waals surface area contributed by atoms with Crippen molar-refractivity contribution in [3.05, 3.63) is 82.9 Å². The molecule has 1 aliphatic rings. The molecule has 0 amide bonds. The standard InChI is InChI=1S/C19H20BrNS/c1-22(2,21-16-11-4-3-5-12-16)19-17(13-8-14-18(19)20)15-9-6-7-10-15/h3-15,21H,1-2H3. The van der Waals surface area contributed by atoms with Crippen LogP contribution in [-0.4, -0.2) is 12.5 Å². The molecule has 0 fully saturated rings. The number of benzene rings is 2. The van der Waals surface area contributed by atoms with Gasteiger partial charge >= 0.3 is 0 Å². The Morgan fingerprint density at radius 3 is 2.27 bits per heavy atom. The van der Waals surface area contributed by atoms with Gasteiger partial charge in [0, 0.05) is 21.0 Å². The third kappa shape index (κ3) is 3.16. The van der Waals surface area contributed by atoms with E-state index in [1.807, 2.05) is 6.07 Å². The molecule has 0 aliphatic heterocycles. The quantitative estimate of drug-likeness (QED) is 0.681. The summed E-state index contributed by atoms with van der Waals surface area (Å²) in [6.07, 6.45) is 13.4. The molecule has 0 atom stereocenters. The molecule has 0 radical (unpaired) electrons. The van der Waals surface area contributed by atoms with E-state index >= 15 is 0 Å². The van der Waals surface area contributed by atoms with Gasteiger partial charge in [0.05, 0.1) is 0 Å². The second-order valence-electron chi connectivity index (χ2n) is 5.75. The van der Waals surface area contributed by atoms with E-state index in [2.05, 4.69) is 99.9 Å². The third-order valence-corrected chi connectivity index (χ3v) is 6.91. The molecule has 0 saturated carbocycles. The molecule has 0 spiro atoms. The number of halogens is 1. The normalized spacial score (nSPS) is 15.2. The van der Waals surface area contributed by atoms with Gasteiger partial charge in [0.2, 0.25) is 0 Å². The van der Waals surface area contributed by atoms with E-state index in [4.69, 9.17) is 0 Å². The summed E-state index contributed by atoms with van der Waals surface area (Å²) in [4.78, 5) is 1.39. The highest BCUT2D eigenvalue weighted by Gasteiger charge is 2.24. The van der Waals surface area contributed by atoms with Crippen molar-refractivity contribution in [1.29, 1.82) is 0 Å². The summed E-state index contributed by atoms with van der Waals surface area (Å²) >= 11 is 3.78. The van der Waals surface area contributed by atoms with E-state index in [-0.39, 0.29) is 0 Å². The molecule has 1 nitrogen and oxygen atoms in total. The lowest BCUT2D eigenvalue weighted by Gasteiger charge is -2.37. The number of anilines is 1. The zero-order valence-electron chi connectivity index (χ0n) is 12.8. The Labute approximate surface area is 142 Å². The zero-order chi connectivity index (χ0) is 15.6. The van der Waals surface area contributed by atoms with Crippen molar-refractivity contribution in [3.8, 4) is 0 Å². The number of para-hydroxylation sites is 1. The molecule has 22 heavy (non-hydrogen) atoms. The molecule has 1 N–H and O–H groups in total. The lowest BCUT2D eigenvalue weighted by Crippen LogP contribution is -2.12. The lowest BCUT2D eigenvalue weighted by molar-refractivity contribution is 1.04. The first-order valence-electron chi connectivity index (χ1n) is 7.27. The van der Waals surface area contributed by atoms with Crippen LogP contribution in [0.1, 0.15) is 11.5 Å². The van der Waals surface area contributed by atoms with Crippen LogP contribution >= 0.6 is 26.1 Å². The Bertz CT molecular complexity index is 707.